The topological polar surface area (TPSA) is 86.7 Å². The van der Waals surface area contributed by atoms with E-state index in [0.717, 1.165) is 43.2 Å². The SMILES string of the molecule is CC(O)CCNS(=O)(=O)c1ccc2c(c1)CN(C(=O)C1CCCCC1)CC2. The number of sulfonamides is 1. The van der Waals surface area contributed by atoms with E-state index in [4.69, 9.17) is 0 Å². The number of hydrogen-bond acceptors (Lipinski definition) is 4. The number of hydrogen-bond donors (Lipinski definition) is 2. The zero-order valence-electron chi connectivity index (χ0n) is 16.0. The summed E-state index contributed by atoms with van der Waals surface area (Å²) >= 11 is 0. The van der Waals surface area contributed by atoms with Gasteiger partial charge < -0.3 is 10.0 Å². The number of nitrogens with zero attached hydrogens (tertiary/aromatic N) is 1. The Morgan fingerprint density at radius 1 is 1.26 bits per heavy atom. The third-order valence-electron chi connectivity index (χ3n) is 5.62. The van der Waals surface area contributed by atoms with Gasteiger partial charge in [0.25, 0.3) is 0 Å². The van der Waals surface area contributed by atoms with Gasteiger partial charge in [-0.25, -0.2) is 13.1 Å². The predicted octanol–water partition coefficient (Wildman–Crippen LogP) is 2.20. The molecule has 2 aliphatic rings. The number of carbonyl (C=O) groups is 1. The molecule has 1 aliphatic carbocycles. The molecule has 1 atom stereocenters. The lowest BCUT2D eigenvalue weighted by molar-refractivity contribution is -0.137. The minimum Gasteiger partial charge on any atom is -0.393 e. The first-order valence-electron chi connectivity index (χ1n) is 9.95. The molecule has 1 aromatic rings. The standard InChI is InChI=1S/C20H30N2O4S/c1-15(23)9-11-21-27(25,26)19-8-7-16-10-12-22(14-18(16)13-19)20(24)17-5-3-2-4-6-17/h7-8,13,15,17,21,23H,2-6,9-12,14H2,1H3. The quantitative estimate of drug-likeness (QED) is 0.774. The fraction of sp³-hybridized carbons (Fsp3) is 0.650. The molecule has 1 saturated carbocycles. The third-order valence-corrected chi connectivity index (χ3v) is 7.08. The van der Waals surface area contributed by atoms with Gasteiger partial charge in [0.05, 0.1) is 11.0 Å². The van der Waals surface area contributed by atoms with Gasteiger partial charge in [-0.15, -0.1) is 0 Å². The Bertz CT molecular complexity index is 770. The summed E-state index contributed by atoms with van der Waals surface area (Å²) in [5.74, 6) is 0.359. The van der Waals surface area contributed by atoms with Gasteiger partial charge in [0, 0.05) is 25.6 Å². The van der Waals surface area contributed by atoms with Gasteiger partial charge >= 0.3 is 0 Å². The number of amides is 1. The van der Waals surface area contributed by atoms with Crippen LogP contribution in [0.3, 0.4) is 0 Å². The van der Waals surface area contributed by atoms with Crippen molar-refractivity contribution in [3.05, 3.63) is 29.3 Å². The van der Waals surface area contributed by atoms with Crippen molar-refractivity contribution in [2.24, 2.45) is 5.92 Å². The maximum atomic E-state index is 12.8. The van der Waals surface area contributed by atoms with Gasteiger partial charge in [-0.1, -0.05) is 25.3 Å². The normalized spacial score (nSPS) is 19.6. The van der Waals surface area contributed by atoms with Gasteiger partial charge in [0.1, 0.15) is 0 Å². The van der Waals surface area contributed by atoms with Gasteiger partial charge in [-0.3, -0.25) is 4.79 Å². The average Bonchev–Trinajstić information content (AvgIpc) is 2.66. The molecule has 1 fully saturated rings. The van der Waals surface area contributed by atoms with Crippen LogP contribution in [0.5, 0.6) is 0 Å². The summed E-state index contributed by atoms with van der Waals surface area (Å²) in [5.41, 5.74) is 2.04. The summed E-state index contributed by atoms with van der Waals surface area (Å²) in [4.78, 5) is 14.9. The first-order chi connectivity index (χ1) is 12.9. The molecule has 1 amide bonds. The van der Waals surface area contributed by atoms with E-state index < -0.39 is 16.1 Å². The maximum absolute atomic E-state index is 12.8. The highest BCUT2D eigenvalue weighted by Crippen LogP contribution is 2.28. The van der Waals surface area contributed by atoms with E-state index >= 15 is 0 Å². The summed E-state index contributed by atoms with van der Waals surface area (Å²) in [7, 11) is -3.61. The van der Waals surface area contributed by atoms with Crippen molar-refractivity contribution in [1.82, 2.24) is 9.62 Å². The Hall–Kier alpha value is -1.44. The van der Waals surface area contributed by atoms with Crippen LogP contribution in [0, 0.1) is 5.92 Å². The van der Waals surface area contributed by atoms with Crippen LogP contribution in [-0.2, 0) is 27.8 Å². The van der Waals surface area contributed by atoms with Crippen LogP contribution in [0.25, 0.3) is 0 Å². The van der Waals surface area contributed by atoms with Gasteiger partial charge in [-0.2, -0.15) is 0 Å². The first-order valence-corrected chi connectivity index (χ1v) is 11.4. The lowest BCUT2D eigenvalue weighted by Crippen LogP contribution is -2.40. The smallest absolute Gasteiger partial charge is 0.240 e. The second-order valence-electron chi connectivity index (χ2n) is 7.81. The van der Waals surface area contributed by atoms with Crippen molar-refractivity contribution >= 4 is 15.9 Å². The number of fused-ring (bicyclic) bond motifs is 1. The van der Waals surface area contributed by atoms with Crippen molar-refractivity contribution in [3.63, 3.8) is 0 Å². The Labute approximate surface area is 162 Å². The molecule has 0 aromatic heterocycles. The van der Waals surface area contributed by atoms with Crippen LogP contribution in [0.2, 0.25) is 0 Å². The lowest BCUT2D eigenvalue weighted by Gasteiger charge is -2.33. The number of carbonyl (C=O) groups excluding carboxylic acids is 1. The number of benzene rings is 1. The molecule has 0 spiro atoms. The summed E-state index contributed by atoms with van der Waals surface area (Å²) in [5, 5.41) is 9.29. The van der Waals surface area contributed by atoms with Crippen LogP contribution < -0.4 is 4.72 Å². The second kappa shape index (κ2) is 8.71. The zero-order valence-corrected chi connectivity index (χ0v) is 16.8. The fourth-order valence-corrected chi connectivity index (χ4v) is 5.08. The third kappa shape index (κ3) is 5.09. The van der Waals surface area contributed by atoms with E-state index in [1.54, 1.807) is 19.1 Å². The molecule has 1 heterocycles. The van der Waals surface area contributed by atoms with E-state index in [1.165, 1.54) is 6.42 Å². The van der Waals surface area contributed by atoms with E-state index in [2.05, 4.69) is 4.72 Å². The van der Waals surface area contributed by atoms with Crippen molar-refractivity contribution < 1.29 is 18.3 Å². The zero-order chi connectivity index (χ0) is 19.4. The monoisotopic (exact) mass is 394 g/mol. The highest BCUT2D eigenvalue weighted by Gasteiger charge is 2.29. The average molecular weight is 395 g/mol. The molecule has 1 unspecified atom stereocenters. The molecule has 150 valence electrons. The lowest BCUT2D eigenvalue weighted by atomic mass is 9.87. The molecule has 27 heavy (non-hydrogen) atoms. The number of aliphatic hydroxyl groups is 1. The van der Waals surface area contributed by atoms with Crippen LogP contribution in [0.4, 0.5) is 0 Å². The highest BCUT2D eigenvalue weighted by molar-refractivity contribution is 7.89. The van der Waals surface area contributed by atoms with E-state index in [1.807, 2.05) is 11.0 Å². The van der Waals surface area contributed by atoms with Crippen LogP contribution in [-0.4, -0.2) is 43.5 Å². The number of aliphatic hydroxyl groups excluding tert-OH is 1. The van der Waals surface area contributed by atoms with Crippen molar-refractivity contribution in [3.8, 4) is 0 Å². The molecule has 2 N–H and O–H groups in total. The van der Waals surface area contributed by atoms with Crippen LogP contribution in [0.1, 0.15) is 56.6 Å². The molecule has 3 rings (SSSR count). The van der Waals surface area contributed by atoms with Gasteiger partial charge in [0.15, 0.2) is 0 Å². The van der Waals surface area contributed by atoms with Gasteiger partial charge in [0.2, 0.25) is 15.9 Å². The molecular weight excluding hydrogens is 364 g/mol. The van der Waals surface area contributed by atoms with E-state index in [9.17, 15) is 18.3 Å². The molecule has 6 nitrogen and oxygen atoms in total. The molecule has 1 aliphatic heterocycles. The Balaban J connectivity index is 1.70. The number of nitrogens with one attached hydrogen (secondary N) is 1. The largest absolute Gasteiger partial charge is 0.393 e. The maximum Gasteiger partial charge on any atom is 0.240 e. The van der Waals surface area contributed by atoms with E-state index in [-0.39, 0.29) is 23.3 Å². The fourth-order valence-electron chi connectivity index (χ4n) is 3.98. The second-order valence-corrected chi connectivity index (χ2v) is 9.58. The van der Waals surface area contributed by atoms with Crippen molar-refractivity contribution in [2.45, 2.75) is 69.4 Å². The molecule has 0 bridgehead atoms. The molecule has 0 radical (unpaired) electrons. The summed E-state index contributed by atoms with van der Waals surface area (Å²) in [6, 6.07) is 5.18. The Morgan fingerprint density at radius 2 is 2.00 bits per heavy atom. The van der Waals surface area contributed by atoms with Crippen LogP contribution in [0.15, 0.2) is 23.1 Å². The van der Waals surface area contributed by atoms with Crippen molar-refractivity contribution in [1.29, 1.82) is 0 Å². The Kier molecular flexibility index (Phi) is 6.55. The van der Waals surface area contributed by atoms with Crippen molar-refractivity contribution in [2.75, 3.05) is 13.1 Å². The summed E-state index contributed by atoms with van der Waals surface area (Å²) in [6.07, 6.45) is 6.01. The molecule has 0 saturated heterocycles. The number of rotatable bonds is 6. The molecule has 1 aromatic carbocycles. The molecular formula is C20H30N2O4S. The summed E-state index contributed by atoms with van der Waals surface area (Å²) in [6.45, 7) is 3.03. The van der Waals surface area contributed by atoms with E-state index in [0.29, 0.717) is 19.5 Å². The first kappa shape index (κ1) is 20.3. The molecule has 7 heteroatoms. The van der Waals surface area contributed by atoms with Crippen LogP contribution >= 0.6 is 0 Å². The highest BCUT2D eigenvalue weighted by atomic mass is 32.2. The summed E-state index contributed by atoms with van der Waals surface area (Å²) < 4.78 is 27.5. The Morgan fingerprint density at radius 3 is 2.70 bits per heavy atom. The van der Waals surface area contributed by atoms with Gasteiger partial charge in [-0.05, 0) is 55.9 Å². The predicted molar refractivity (Wildman–Crippen MR) is 104 cm³/mol. The minimum atomic E-state index is -3.61. The minimum absolute atomic E-state index is 0.134.